The second-order valence-electron chi connectivity index (χ2n) is 4.33. The van der Waals surface area contributed by atoms with Gasteiger partial charge in [-0.3, -0.25) is 0 Å². The fourth-order valence-electron chi connectivity index (χ4n) is 1.76. The lowest BCUT2D eigenvalue weighted by atomic mass is 10.2. The molecule has 3 heteroatoms. The van der Waals surface area contributed by atoms with Crippen molar-refractivity contribution in [2.24, 2.45) is 0 Å². The maximum atomic E-state index is 5.92. The number of para-hydroxylation sites is 2. The third-order valence-electron chi connectivity index (χ3n) is 2.77. The molecule has 0 radical (unpaired) electrons. The van der Waals surface area contributed by atoms with Gasteiger partial charge in [0.15, 0.2) is 0 Å². The molecular formula is C15H17AlO2. The van der Waals surface area contributed by atoms with E-state index < -0.39 is 14.8 Å². The zero-order chi connectivity index (χ0) is 13.0. The standard InChI is InChI=1S/2C7H8O.CH3.Al/c2*1-6-4-2-3-5-7(6)8;;/h2*2-5,8H,1H3;1H3;/q;;;+2/p-2. The van der Waals surface area contributed by atoms with Gasteiger partial charge >= 0.3 is 14.8 Å². The molecule has 0 atom stereocenters. The van der Waals surface area contributed by atoms with Crippen molar-refractivity contribution in [1.29, 1.82) is 0 Å². The van der Waals surface area contributed by atoms with Gasteiger partial charge in [-0.05, 0) is 42.9 Å². The Morgan fingerprint density at radius 3 is 1.50 bits per heavy atom. The number of benzene rings is 2. The number of hydrogen-bond acceptors (Lipinski definition) is 2. The summed E-state index contributed by atoms with van der Waals surface area (Å²) in [5, 5.41) is 0. The molecule has 0 aromatic heterocycles. The SMILES string of the molecule is Cc1ccccc1[O][Al]([CH3])[O]c1ccccc1C. The average Bonchev–Trinajstić information content (AvgIpc) is 2.35. The highest BCUT2D eigenvalue weighted by Crippen LogP contribution is 2.20. The van der Waals surface area contributed by atoms with E-state index in [0.717, 1.165) is 22.6 Å². The van der Waals surface area contributed by atoms with Crippen molar-refractivity contribution in [3.8, 4) is 11.5 Å². The first-order chi connectivity index (χ1) is 8.66. The van der Waals surface area contributed by atoms with Gasteiger partial charge in [-0.1, -0.05) is 36.4 Å². The van der Waals surface area contributed by atoms with Crippen LogP contribution in [-0.4, -0.2) is 14.8 Å². The molecule has 0 unspecified atom stereocenters. The van der Waals surface area contributed by atoms with Gasteiger partial charge in [0.25, 0.3) is 0 Å². The quantitative estimate of drug-likeness (QED) is 0.773. The summed E-state index contributed by atoms with van der Waals surface area (Å²) in [5.41, 5.74) is 2.29. The topological polar surface area (TPSA) is 18.5 Å². The molecule has 0 aliphatic heterocycles. The van der Waals surface area contributed by atoms with Gasteiger partial charge in [-0.2, -0.15) is 0 Å². The van der Waals surface area contributed by atoms with Crippen LogP contribution in [-0.2, 0) is 0 Å². The Morgan fingerprint density at radius 1 is 0.722 bits per heavy atom. The monoisotopic (exact) mass is 256 g/mol. The van der Waals surface area contributed by atoms with Crippen LogP contribution in [0, 0.1) is 13.8 Å². The molecule has 0 fully saturated rings. The van der Waals surface area contributed by atoms with Crippen molar-refractivity contribution in [2.45, 2.75) is 19.6 Å². The molecule has 0 saturated carbocycles. The van der Waals surface area contributed by atoms with Gasteiger partial charge in [0.1, 0.15) is 0 Å². The molecule has 0 amide bonds. The highest BCUT2D eigenvalue weighted by molar-refractivity contribution is 6.44. The van der Waals surface area contributed by atoms with E-state index in [2.05, 4.69) is 0 Å². The van der Waals surface area contributed by atoms with Crippen molar-refractivity contribution in [2.75, 3.05) is 0 Å². The molecule has 0 N–H and O–H groups in total. The molecule has 2 rings (SSSR count). The Labute approximate surface area is 113 Å². The molecule has 0 bridgehead atoms. The molecule has 92 valence electrons. The summed E-state index contributed by atoms with van der Waals surface area (Å²) < 4.78 is 11.8. The van der Waals surface area contributed by atoms with E-state index in [1.54, 1.807) is 0 Å². The lowest BCUT2D eigenvalue weighted by Crippen LogP contribution is -2.26. The lowest BCUT2D eigenvalue weighted by molar-refractivity contribution is 0.428. The molecule has 0 aliphatic rings. The summed E-state index contributed by atoms with van der Waals surface area (Å²) in [5.74, 6) is 3.88. The second-order valence-corrected chi connectivity index (χ2v) is 5.94. The van der Waals surface area contributed by atoms with Gasteiger partial charge in [0.2, 0.25) is 0 Å². The lowest BCUT2D eigenvalue weighted by Gasteiger charge is -2.16. The normalized spacial score (nSPS) is 9.94. The van der Waals surface area contributed by atoms with Crippen molar-refractivity contribution in [3.63, 3.8) is 0 Å². The summed E-state index contributed by atoms with van der Waals surface area (Å²) in [6, 6.07) is 16.1. The summed E-state index contributed by atoms with van der Waals surface area (Å²) in [6.07, 6.45) is 0. The highest BCUT2D eigenvalue weighted by Gasteiger charge is 2.25. The summed E-state index contributed by atoms with van der Waals surface area (Å²) in [4.78, 5) is 0. The van der Waals surface area contributed by atoms with Crippen molar-refractivity contribution >= 4 is 14.8 Å². The van der Waals surface area contributed by atoms with E-state index >= 15 is 0 Å². The van der Waals surface area contributed by atoms with Crippen molar-refractivity contribution in [3.05, 3.63) is 59.7 Å². The molecule has 0 spiro atoms. The summed E-state index contributed by atoms with van der Waals surface area (Å²) >= 11 is -1.71. The predicted octanol–water partition coefficient (Wildman–Crippen LogP) is 3.88. The third kappa shape index (κ3) is 3.29. The summed E-state index contributed by atoms with van der Waals surface area (Å²) in [7, 11) is 0. The molecule has 2 aromatic carbocycles. The zero-order valence-corrected chi connectivity index (χ0v) is 12.2. The number of aryl methyl sites for hydroxylation is 2. The Balaban J connectivity index is 2.04. The van der Waals surface area contributed by atoms with Gasteiger partial charge in [-0.25, -0.2) is 0 Å². The minimum atomic E-state index is -1.71. The van der Waals surface area contributed by atoms with Crippen molar-refractivity contribution in [1.82, 2.24) is 0 Å². The van der Waals surface area contributed by atoms with Crippen LogP contribution in [0.5, 0.6) is 11.5 Å². The minimum Gasteiger partial charge on any atom is -0.612 e. The van der Waals surface area contributed by atoms with Crippen LogP contribution in [0.3, 0.4) is 0 Å². The molecular weight excluding hydrogens is 239 g/mol. The molecule has 0 heterocycles. The predicted molar refractivity (Wildman–Crippen MR) is 75.2 cm³/mol. The Bertz CT molecular complexity index is 478. The van der Waals surface area contributed by atoms with Gasteiger partial charge in [0.05, 0.1) is 11.5 Å². The first kappa shape index (κ1) is 13.0. The average molecular weight is 256 g/mol. The van der Waals surface area contributed by atoms with E-state index in [-0.39, 0.29) is 0 Å². The van der Waals surface area contributed by atoms with Gasteiger partial charge in [0, 0.05) is 0 Å². The first-order valence-corrected chi connectivity index (χ1v) is 8.21. The fraction of sp³-hybridized carbons (Fsp3) is 0.200. The first-order valence-electron chi connectivity index (χ1n) is 6.11. The number of rotatable bonds is 4. The highest BCUT2D eigenvalue weighted by atomic mass is 27.2. The van der Waals surface area contributed by atoms with Crippen LogP contribution >= 0.6 is 0 Å². The molecule has 0 aliphatic carbocycles. The molecule has 2 aromatic rings. The minimum absolute atomic E-state index is 0.922. The Hall–Kier alpha value is -1.43. The van der Waals surface area contributed by atoms with E-state index in [1.165, 1.54) is 0 Å². The Morgan fingerprint density at radius 2 is 1.11 bits per heavy atom. The Kier molecular flexibility index (Phi) is 4.30. The van der Waals surface area contributed by atoms with E-state index in [9.17, 15) is 0 Å². The van der Waals surface area contributed by atoms with E-state index in [1.807, 2.05) is 68.2 Å². The van der Waals surface area contributed by atoms with Crippen LogP contribution < -0.4 is 7.58 Å². The van der Waals surface area contributed by atoms with Crippen LogP contribution in [0.25, 0.3) is 0 Å². The van der Waals surface area contributed by atoms with E-state index in [4.69, 9.17) is 7.58 Å². The zero-order valence-electron chi connectivity index (χ0n) is 11.0. The second kappa shape index (κ2) is 5.95. The molecule has 2 nitrogen and oxygen atoms in total. The third-order valence-corrected chi connectivity index (χ3v) is 3.94. The van der Waals surface area contributed by atoms with Gasteiger partial charge in [-0.15, -0.1) is 0 Å². The van der Waals surface area contributed by atoms with Crippen LogP contribution in [0.15, 0.2) is 48.5 Å². The number of hydrogen-bond donors (Lipinski definition) is 0. The molecule has 18 heavy (non-hydrogen) atoms. The van der Waals surface area contributed by atoms with Crippen molar-refractivity contribution < 1.29 is 7.58 Å². The molecule has 0 saturated heterocycles. The summed E-state index contributed by atoms with van der Waals surface area (Å²) in [6.45, 7) is 4.09. The van der Waals surface area contributed by atoms with Crippen LogP contribution in [0.2, 0.25) is 5.79 Å². The smallest absolute Gasteiger partial charge is 0.612 e. The largest absolute Gasteiger partial charge is 0.853 e. The van der Waals surface area contributed by atoms with E-state index in [0.29, 0.717) is 0 Å². The fourth-order valence-corrected chi connectivity index (χ4v) is 3.05. The maximum absolute atomic E-state index is 5.92. The maximum Gasteiger partial charge on any atom is 0.853 e. The van der Waals surface area contributed by atoms with Crippen LogP contribution in [0.4, 0.5) is 0 Å². The van der Waals surface area contributed by atoms with Crippen LogP contribution in [0.1, 0.15) is 11.1 Å². The van der Waals surface area contributed by atoms with Gasteiger partial charge < -0.3 is 7.58 Å².